The Balaban J connectivity index is 0.00000364. The Morgan fingerprint density at radius 1 is 1.15 bits per heavy atom. The summed E-state index contributed by atoms with van der Waals surface area (Å²) < 4.78 is 11.2. The number of nitrogens with zero attached hydrogens (tertiary/aromatic N) is 2. The van der Waals surface area contributed by atoms with Gasteiger partial charge < -0.3 is 20.1 Å². The van der Waals surface area contributed by atoms with E-state index in [1.54, 1.807) is 0 Å². The normalized spacial score (nSPS) is 21.0. The van der Waals surface area contributed by atoms with Crippen LogP contribution in [0.25, 0.3) is 0 Å². The first-order valence-electron chi connectivity index (χ1n) is 10.5. The predicted octanol–water partition coefficient (Wildman–Crippen LogP) is 2.87. The highest BCUT2D eigenvalue weighted by molar-refractivity contribution is 14.0. The summed E-state index contributed by atoms with van der Waals surface area (Å²) >= 11 is 0. The van der Waals surface area contributed by atoms with E-state index in [-0.39, 0.29) is 29.5 Å². The van der Waals surface area contributed by atoms with E-state index in [9.17, 15) is 0 Å². The van der Waals surface area contributed by atoms with Crippen LogP contribution in [0.1, 0.15) is 52.4 Å². The van der Waals surface area contributed by atoms with Crippen molar-refractivity contribution in [3.05, 3.63) is 0 Å². The fourth-order valence-electron chi connectivity index (χ4n) is 4.02. The zero-order valence-electron chi connectivity index (χ0n) is 17.6. The van der Waals surface area contributed by atoms with Gasteiger partial charge in [0.05, 0.1) is 13.2 Å². The minimum atomic E-state index is 0. The molecule has 7 heteroatoms. The molecule has 160 valence electrons. The van der Waals surface area contributed by atoms with Crippen molar-refractivity contribution in [2.45, 2.75) is 57.9 Å². The van der Waals surface area contributed by atoms with Crippen LogP contribution in [0, 0.1) is 5.92 Å². The largest absolute Gasteiger partial charge is 0.381 e. The maximum absolute atomic E-state index is 5.64. The Labute approximate surface area is 183 Å². The summed E-state index contributed by atoms with van der Waals surface area (Å²) in [4.78, 5) is 7.07. The topological polar surface area (TPSA) is 58.1 Å². The van der Waals surface area contributed by atoms with Crippen molar-refractivity contribution in [1.29, 1.82) is 0 Å². The van der Waals surface area contributed by atoms with Gasteiger partial charge in [0.2, 0.25) is 0 Å². The molecule has 0 unspecified atom stereocenters. The van der Waals surface area contributed by atoms with E-state index in [1.165, 1.54) is 32.1 Å². The summed E-state index contributed by atoms with van der Waals surface area (Å²) in [5, 5.41) is 7.03. The van der Waals surface area contributed by atoms with Gasteiger partial charge in [0.15, 0.2) is 5.96 Å². The molecule has 1 aliphatic carbocycles. The Bertz CT molecular complexity index is 409. The highest BCUT2D eigenvalue weighted by Gasteiger charge is 2.38. The summed E-state index contributed by atoms with van der Waals surface area (Å²) in [6.45, 7) is 11.7. The summed E-state index contributed by atoms with van der Waals surface area (Å²) in [5.74, 6) is 1.51. The van der Waals surface area contributed by atoms with Crippen molar-refractivity contribution in [3.8, 4) is 0 Å². The number of hydrogen-bond donors (Lipinski definition) is 2. The molecule has 27 heavy (non-hydrogen) atoms. The zero-order valence-corrected chi connectivity index (χ0v) is 19.9. The fraction of sp³-hybridized carbons (Fsp3) is 0.950. The molecule has 0 amide bonds. The van der Waals surface area contributed by atoms with Gasteiger partial charge >= 0.3 is 0 Å². The van der Waals surface area contributed by atoms with E-state index >= 15 is 0 Å². The highest BCUT2D eigenvalue weighted by atomic mass is 127. The number of hydrogen-bond acceptors (Lipinski definition) is 4. The zero-order chi connectivity index (χ0) is 18.7. The van der Waals surface area contributed by atoms with Crippen LogP contribution >= 0.6 is 24.0 Å². The van der Waals surface area contributed by atoms with Crippen LogP contribution < -0.4 is 10.6 Å². The first-order chi connectivity index (χ1) is 12.7. The fourth-order valence-corrected chi connectivity index (χ4v) is 4.02. The standard InChI is InChI=1S/C20H40N4O2.HI/c1-18(2)16-26-13-7-10-22-19(21-3)23-17-20(8-5-4-6-9-20)24-11-14-25-15-12-24;/h18H,4-17H2,1-3H3,(H2,21,22,23);1H. The molecule has 2 rings (SSSR count). The molecule has 6 nitrogen and oxygen atoms in total. The van der Waals surface area contributed by atoms with Gasteiger partial charge in [0.25, 0.3) is 0 Å². The van der Waals surface area contributed by atoms with Crippen LogP contribution in [0.3, 0.4) is 0 Å². The number of halogens is 1. The van der Waals surface area contributed by atoms with Gasteiger partial charge in [0.1, 0.15) is 0 Å². The lowest BCUT2D eigenvalue weighted by molar-refractivity contribution is -0.0352. The highest BCUT2D eigenvalue weighted by Crippen LogP contribution is 2.33. The molecule has 0 aromatic rings. The van der Waals surface area contributed by atoms with Crippen LogP contribution in [-0.4, -0.2) is 76.1 Å². The lowest BCUT2D eigenvalue weighted by atomic mass is 9.80. The van der Waals surface area contributed by atoms with Crippen molar-refractivity contribution < 1.29 is 9.47 Å². The Hall–Kier alpha value is -0.120. The van der Waals surface area contributed by atoms with Gasteiger partial charge in [-0.1, -0.05) is 33.1 Å². The lowest BCUT2D eigenvalue weighted by Crippen LogP contribution is -2.60. The Kier molecular flexibility index (Phi) is 12.9. The maximum atomic E-state index is 5.64. The molecule has 0 bridgehead atoms. The molecule has 2 aliphatic rings. The lowest BCUT2D eigenvalue weighted by Gasteiger charge is -2.48. The minimum absolute atomic E-state index is 0. The smallest absolute Gasteiger partial charge is 0.191 e. The summed E-state index contributed by atoms with van der Waals surface area (Å²) in [5.41, 5.74) is 0.264. The Morgan fingerprint density at radius 2 is 1.85 bits per heavy atom. The summed E-state index contributed by atoms with van der Waals surface area (Å²) in [6.07, 6.45) is 7.59. The molecule has 0 radical (unpaired) electrons. The molecule has 1 saturated carbocycles. The molecule has 0 aromatic heterocycles. The van der Waals surface area contributed by atoms with E-state index < -0.39 is 0 Å². The van der Waals surface area contributed by atoms with Gasteiger partial charge in [-0.05, 0) is 25.2 Å². The first-order valence-corrected chi connectivity index (χ1v) is 10.5. The number of morpholine rings is 1. The number of rotatable bonds is 9. The monoisotopic (exact) mass is 496 g/mol. The minimum Gasteiger partial charge on any atom is -0.381 e. The van der Waals surface area contributed by atoms with Crippen LogP contribution in [0.2, 0.25) is 0 Å². The molecule has 1 heterocycles. The second kappa shape index (κ2) is 14.0. The molecule has 1 aliphatic heterocycles. The predicted molar refractivity (Wildman–Crippen MR) is 123 cm³/mol. The van der Waals surface area contributed by atoms with Crippen LogP contribution in [0.15, 0.2) is 4.99 Å². The summed E-state index contributed by atoms with van der Waals surface area (Å²) in [6, 6.07) is 0. The average molecular weight is 496 g/mol. The van der Waals surface area contributed by atoms with Crippen molar-refractivity contribution in [3.63, 3.8) is 0 Å². The molecule has 0 spiro atoms. The number of aliphatic imine (C=N–C) groups is 1. The second-order valence-corrected chi connectivity index (χ2v) is 8.06. The van der Waals surface area contributed by atoms with Crippen molar-refractivity contribution in [1.82, 2.24) is 15.5 Å². The second-order valence-electron chi connectivity index (χ2n) is 8.06. The van der Waals surface area contributed by atoms with E-state index in [2.05, 4.69) is 34.4 Å². The van der Waals surface area contributed by atoms with Gasteiger partial charge in [-0.3, -0.25) is 9.89 Å². The van der Waals surface area contributed by atoms with Gasteiger partial charge in [0, 0.05) is 52.0 Å². The first kappa shape index (κ1) is 24.9. The molecular weight excluding hydrogens is 455 g/mol. The number of guanidine groups is 1. The van der Waals surface area contributed by atoms with Gasteiger partial charge in [-0.15, -0.1) is 24.0 Å². The molecule has 2 fully saturated rings. The number of ether oxygens (including phenoxy) is 2. The van der Waals surface area contributed by atoms with Gasteiger partial charge in [-0.25, -0.2) is 0 Å². The van der Waals surface area contributed by atoms with Crippen molar-refractivity contribution in [2.75, 3.05) is 59.7 Å². The van der Waals surface area contributed by atoms with E-state index in [4.69, 9.17) is 9.47 Å². The van der Waals surface area contributed by atoms with Crippen LogP contribution in [0.4, 0.5) is 0 Å². The van der Waals surface area contributed by atoms with Crippen LogP contribution in [0.5, 0.6) is 0 Å². The van der Waals surface area contributed by atoms with Gasteiger partial charge in [-0.2, -0.15) is 0 Å². The van der Waals surface area contributed by atoms with E-state index in [0.29, 0.717) is 5.92 Å². The molecule has 2 N–H and O–H groups in total. The van der Waals surface area contributed by atoms with Crippen LogP contribution in [-0.2, 0) is 9.47 Å². The third-order valence-electron chi connectivity index (χ3n) is 5.48. The third kappa shape index (κ3) is 8.83. The molecule has 0 atom stereocenters. The average Bonchev–Trinajstić information content (AvgIpc) is 2.68. The Morgan fingerprint density at radius 3 is 2.48 bits per heavy atom. The van der Waals surface area contributed by atoms with Crippen molar-refractivity contribution in [2.24, 2.45) is 10.9 Å². The SMILES string of the molecule is CN=C(NCCCOCC(C)C)NCC1(N2CCOCC2)CCCCC1.I. The third-order valence-corrected chi connectivity index (χ3v) is 5.48. The molecular formula is C20H41IN4O2. The van der Waals surface area contributed by atoms with Crippen molar-refractivity contribution >= 4 is 29.9 Å². The maximum Gasteiger partial charge on any atom is 0.191 e. The number of nitrogens with one attached hydrogen (secondary N) is 2. The quantitative estimate of drug-likeness (QED) is 0.223. The molecule has 0 aromatic carbocycles. The van der Waals surface area contributed by atoms with E-state index in [1.807, 2.05) is 7.05 Å². The molecule has 1 saturated heterocycles. The van der Waals surface area contributed by atoms with E-state index in [0.717, 1.165) is 65.0 Å². The summed E-state index contributed by atoms with van der Waals surface area (Å²) in [7, 11) is 1.85.